The lowest BCUT2D eigenvalue weighted by molar-refractivity contribution is -0.0502. The van der Waals surface area contributed by atoms with Gasteiger partial charge >= 0.3 is 0 Å². The van der Waals surface area contributed by atoms with Gasteiger partial charge in [0.05, 0.1) is 13.2 Å². The first-order valence-electron chi connectivity index (χ1n) is 9.99. The van der Waals surface area contributed by atoms with Gasteiger partial charge in [-0.2, -0.15) is 4.39 Å². The number of hydrogen-bond donors (Lipinski definition) is 1. The second-order valence-electron chi connectivity index (χ2n) is 8.38. The van der Waals surface area contributed by atoms with Gasteiger partial charge in [-0.05, 0) is 41.5 Å². The molecule has 1 fully saturated rings. The fraction of sp³-hybridized carbons (Fsp3) is 0.261. The van der Waals surface area contributed by atoms with Gasteiger partial charge in [-0.15, -0.1) is 0 Å². The summed E-state index contributed by atoms with van der Waals surface area (Å²) in [6.07, 6.45) is 3.29. The molecule has 0 bridgehead atoms. The Balaban J connectivity index is 1.56. The highest BCUT2D eigenvalue weighted by molar-refractivity contribution is 8.14. The summed E-state index contributed by atoms with van der Waals surface area (Å²) >= 11 is 1.50. The van der Waals surface area contributed by atoms with Crippen LogP contribution in [0.25, 0.3) is 11.1 Å². The number of amidine groups is 1. The monoisotopic (exact) mass is 434 g/mol. The number of rotatable bonds is 2. The van der Waals surface area contributed by atoms with Crippen LogP contribution in [-0.4, -0.2) is 34.1 Å². The third-order valence-corrected chi connectivity index (χ3v) is 7.22. The Labute approximate surface area is 182 Å². The molecule has 8 heteroatoms. The van der Waals surface area contributed by atoms with Crippen LogP contribution in [0.2, 0.25) is 0 Å². The van der Waals surface area contributed by atoms with Crippen LogP contribution in [0, 0.1) is 5.95 Å². The molecule has 1 spiro atoms. The van der Waals surface area contributed by atoms with Gasteiger partial charge in [0, 0.05) is 40.3 Å². The molecule has 2 N–H and O–H groups in total. The highest BCUT2D eigenvalue weighted by Gasteiger charge is 2.48. The van der Waals surface area contributed by atoms with E-state index in [2.05, 4.69) is 23.0 Å². The number of pyridine rings is 2. The van der Waals surface area contributed by atoms with Crippen LogP contribution in [0.1, 0.15) is 23.6 Å². The minimum atomic E-state index is -0.740. The number of nitrogens with two attached hydrogens (primary N) is 1. The van der Waals surface area contributed by atoms with Crippen LogP contribution in [0.4, 0.5) is 4.39 Å². The number of fused-ring (bicyclic) bond motifs is 4. The Bertz CT molecular complexity index is 1260. The fourth-order valence-corrected chi connectivity index (χ4v) is 5.35. The summed E-state index contributed by atoms with van der Waals surface area (Å²) in [7, 11) is 0. The summed E-state index contributed by atoms with van der Waals surface area (Å²) < 4.78 is 26.0. The molecule has 1 aromatic carbocycles. The van der Waals surface area contributed by atoms with E-state index in [1.54, 1.807) is 12.1 Å². The normalized spacial score (nSPS) is 22.8. The van der Waals surface area contributed by atoms with Crippen molar-refractivity contribution in [1.29, 1.82) is 0 Å². The zero-order valence-corrected chi connectivity index (χ0v) is 17.6. The molecule has 6 rings (SSSR count). The van der Waals surface area contributed by atoms with E-state index in [1.165, 1.54) is 18.0 Å². The van der Waals surface area contributed by atoms with Crippen LogP contribution in [-0.2, 0) is 15.7 Å². The number of thioether (sulfide) groups is 1. The largest absolute Gasteiger partial charge is 0.438 e. The number of hydrogen-bond acceptors (Lipinski definition) is 7. The first kappa shape index (κ1) is 18.8. The van der Waals surface area contributed by atoms with Crippen LogP contribution in [0.15, 0.2) is 53.8 Å². The second-order valence-corrected chi connectivity index (χ2v) is 9.38. The van der Waals surface area contributed by atoms with Gasteiger partial charge in [-0.25, -0.2) is 15.0 Å². The number of aromatic nitrogens is 2. The van der Waals surface area contributed by atoms with Gasteiger partial charge in [0.25, 0.3) is 0 Å². The van der Waals surface area contributed by atoms with Crippen molar-refractivity contribution < 1.29 is 13.9 Å². The Kier molecular flexibility index (Phi) is 3.94. The van der Waals surface area contributed by atoms with Crippen LogP contribution >= 0.6 is 11.8 Å². The SMILES string of the molecule is CC1(c2cnc3c(c2)C2(CSC(N)=N2)c2cc(-c4cccnc4F)ccc2O3)COC1. The van der Waals surface area contributed by atoms with Crippen molar-refractivity contribution in [2.75, 3.05) is 19.0 Å². The van der Waals surface area contributed by atoms with E-state index in [-0.39, 0.29) is 5.41 Å². The Morgan fingerprint density at radius 2 is 2.00 bits per heavy atom. The van der Waals surface area contributed by atoms with Gasteiger partial charge in [0.1, 0.15) is 11.3 Å². The molecule has 0 saturated carbocycles. The van der Waals surface area contributed by atoms with E-state index in [0.717, 1.165) is 16.7 Å². The molecule has 3 aliphatic heterocycles. The summed E-state index contributed by atoms with van der Waals surface area (Å²) in [5.74, 6) is 1.29. The smallest absolute Gasteiger partial charge is 0.225 e. The van der Waals surface area contributed by atoms with Crippen LogP contribution in [0.3, 0.4) is 0 Å². The molecule has 3 aromatic rings. The highest BCUT2D eigenvalue weighted by atomic mass is 32.2. The van der Waals surface area contributed by atoms with E-state index in [0.29, 0.717) is 46.9 Å². The minimum absolute atomic E-state index is 0.0782. The van der Waals surface area contributed by atoms with Crippen molar-refractivity contribution in [2.45, 2.75) is 17.9 Å². The first-order valence-corrected chi connectivity index (χ1v) is 11.0. The lowest BCUT2D eigenvalue weighted by Crippen LogP contribution is -2.44. The van der Waals surface area contributed by atoms with E-state index >= 15 is 0 Å². The zero-order chi connectivity index (χ0) is 21.2. The summed E-state index contributed by atoms with van der Waals surface area (Å²) in [5.41, 5.74) is 9.29. The third kappa shape index (κ3) is 2.71. The molecule has 0 aliphatic carbocycles. The van der Waals surface area contributed by atoms with Crippen molar-refractivity contribution in [3.8, 4) is 22.8 Å². The molecule has 3 aliphatic rings. The molecular formula is C23H19FN4O2S. The molecule has 5 heterocycles. The van der Waals surface area contributed by atoms with E-state index in [1.807, 2.05) is 24.4 Å². The summed E-state index contributed by atoms with van der Waals surface area (Å²) in [6, 6.07) is 11.2. The van der Waals surface area contributed by atoms with E-state index in [4.69, 9.17) is 20.2 Å². The van der Waals surface area contributed by atoms with Gasteiger partial charge in [-0.3, -0.25) is 0 Å². The summed E-state index contributed by atoms with van der Waals surface area (Å²) in [4.78, 5) is 13.3. The van der Waals surface area contributed by atoms with Crippen molar-refractivity contribution in [1.82, 2.24) is 9.97 Å². The maximum Gasteiger partial charge on any atom is 0.225 e. The van der Waals surface area contributed by atoms with Crippen molar-refractivity contribution in [3.63, 3.8) is 0 Å². The van der Waals surface area contributed by atoms with Crippen molar-refractivity contribution >= 4 is 16.9 Å². The van der Waals surface area contributed by atoms with Gasteiger partial charge in [-0.1, -0.05) is 24.8 Å². The second kappa shape index (κ2) is 6.51. The lowest BCUT2D eigenvalue weighted by Gasteiger charge is -2.40. The predicted octanol–water partition coefficient (Wildman–Crippen LogP) is 3.98. The molecular weight excluding hydrogens is 415 g/mol. The van der Waals surface area contributed by atoms with Crippen molar-refractivity contribution in [3.05, 3.63) is 71.4 Å². The molecule has 0 amide bonds. The van der Waals surface area contributed by atoms with Gasteiger partial charge in [0.2, 0.25) is 11.8 Å². The topological polar surface area (TPSA) is 82.6 Å². The minimum Gasteiger partial charge on any atom is -0.438 e. The van der Waals surface area contributed by atoms with Crippen molar-refractivity contribution in [2.24, 2.45) is 10.7 Å². The molecule has 2 aromatic heterocycles. The molecule has 0 radical (unpaired) electrons. The number of benzene rings is 1. The number of nitrogens with zero attached hydrogens (tertiary/aromatic N) is 3. The predicted molar refractivity (Wildman–Crippen MR) is 117 cm³/mol. The standard InChI is InChI=1S/C23H19FN4O2S/c1-22(10-29-11-22)14-8-17-20(27-9-14)30-18-5-4-13(15-3-2-6-26-19(15)24)7-16(18)23(17)12-31-21(25)28-23/h2-9H,10-12H2,1H3,(H2,25,28). The molecule has 6 nitrogen and oxygen atoms in total. The summed E-state index contributed by atoms with van der Waals surface area (Å²) in [5, 5.41) is 0.514. The maximum atomic E-state index is 14.4. The van der Waals surface area contributed by atoms with Gasteiger partial charge < -0.3 is 15.2 Å². The molecule has 1 atom stereocenters. The molecule has 31 heavy (non-hydrogen) atoms. The third-order valence-electron chi connectivity index (χ3n) is 6.27. The summed E-state index contributed by atoms with van der Waals surface area (Å²) in [6.45, 7) is 3.47. The van der Waals surface area contributed by atoms with Crippen LogP contribution < -0.4 is 10.5 Å². The maximum absolute atomic E-state index is 14.4. The number of ether oxygens (including phenoxy) is 2. The lowest BCUT2D eigenvalue weighted by atomic mass is 9.77. The van der Waals surface area contributed by atoms with Gasteiger partial charge in [0.15, 0.2) is 5.17 Å². The average Bonchev–Trinajstić information content (AvgIpc) is 3.15. The average molecular weight is 434 g/mol. The molecule has 1 saturated heterocycles. The Hall–Kier alpha value is -2.97. The van der Waals surface area contributed by atoms with E-state index < -0.39 is 11.5 Å². The highest BCUT2D eigenvalue weighted by Crippen LogP contribution is 2.53. The fourth-order valence-electron chi connectivity index (χ4n) is 4.40. The van der Waals surface area contributed by atoms with E-state index in [9.17, 15) is 4.39 Å². The first-order chi connectivity index (χ1) is 15.0. The molecule has 1 unspecified atom stereocenters. The molecule has 156 valence electrons. The Morgan fingerprint density at radius 1 is 1.13 bits per heavy atom. The quantitative estimate of drug-likeness (QED) is 0.615. The zero-order valence-electron chi connectivity index (χ0n) is 16.8. The number of halogens is 1. The Morgan fingerprint density at radius 3 is 2.71 bits per heavy atom. The van der Waals surface area contributed by atoms with Crippen LogP contribution in [0.5, 0.6) is 11.6 Å². The number of aliphatic imine (C=N–C) groups is 1.